The van der Waals surface area contributed by atoms with Gasteiger partial charge in [0.05, 0.1) is 5.56 Å². The molecule has 2 aliphatic rings. The van der Waals surface area contributed by atoms with Crippen LogP contribution in [-0.4, -0.2) is 58.9 Å². The highest BCUT2D eigenvalue weighted by atomic mass is 32.1. The van der Waals surface area contributed by atoms with E-state index < -0.39 is 6.04 Å². The van der Waals surface area contributed by atoms with E-state index in [4.69, 9.17) is 0 Å². The third-order valence-electron chi connectivity index (χ3n) is 5.56. The van der Waals surface area contributed by atoms with Gasteiger partial charge in [0, 0.05) is 37.6 Å². The fourth-order valence-corrected chi connectivity index (χ4v) is 4.93. The second-order valence-electron chi connectivity index (χ2n) is 7.36. The number of aromatic hydroxyl groups is 1. The van der Waals surface area contributed by atoms with Gasteiger partial charge in [-0.15, -0.1) is 11.3 Å². The van der Waals surface area contributed by atoms with E-state index in [0.29, 0.717) is 19.5 Å². The molecule has 0 unspecified atom stereocenters. The largest absolute Gasteiger partial charge is 0.507 e. The zero-order valence-corrected chi connectivity index (χ0v) is 16.6. The maximum atomic E-state index is 12.8. The van der Waals surface area contributed by atoms with Crippen molar-refractivity contribution in [3.63, 3.8) is 0 Å². The summed E-state index contributed by atoms with van der Waals surface area (Å²) in [6, 6.07) is 8.22. The summed E-state index contributed by atoms with van der Waals surface area (Å²) in [4.78, 5) is 30.9. The molecule has 2 aliphatic heterocycles. The van der Waals surface area contributed by atoms with Crippen LogP contribution in [0.15, 0.2) is 35.7 Å². The van der Waals surface area contributed by atoms with Crippen molar-refractivity contribution in [1.82, 2.24) is 15.1 Å². The summed E-state index contributed by atoms with van der Waals surface area (Å²) in [5.74, 6) is -0.428. The van der Waals surface area contributed by atoms with E-state index in [1.807, 2.05) is 11.3 Å². The van der Waals surface area contributed by atoms with Crippen LogP contribution in [-0.2, 0) is 17.8 Å². The van der Waals surface area contributed by atoms with E-state index in [1.54, 1.807) is 23.1 Å². The molecule has 0 bridgehead atoms. The molecule has 2 N–H and O–H groups in total. The first kappa shape index (κ1) is 19.0. The monoisotopic (exact) mass is 399 g/mol. The van der Waals surface area contributed by atoms with E-state index in [9.17, 15) is 14.7 Å². The Balaban J connectivity index is 1.30. The summed E-state index contributed by atoms with van der Waals surface area (Å²) < 4.78 is 0. The van der Waals surface area contributed by atoms with Crippen LogP contribution in [0.4, 0.5) is 0 Å². The van der Waals surface area contributed by atoms with Gasteiger partial charge in [0.25, 0.3) is 5.91 Å². The van der Waals surface area contributed by atoms with Crippen LogP contribution >= 0.6 is 11.3 Å². The molecule has 2 amide bonds. The highest BCUT2D eigenvalue weighted by Crippen LogP contribution is 2.25. The molecule has 0 aliphatic carbocycles. The van der Waals surface area contributed by atoms with Crippen molar-refractivity contribution < 1.29 is 14.7 Å². The first-order valence-electron chi connectivity index (χ1n) is 9.78. The van der Waals surface area contributed by atoms with E-state index in [1.165, 1.54) is 16.5 Å². The van der Waals surface area contributed by atoms with Crippen molar-refractivity contribution in [3.8, 4) is 5.75 Å². The second-order valence-corrected chi connectivity index (χ2v) is 8.36. The molecule has 28 heavy (non-hydrogen) atoms. The van der Waals surface area contributed by atoms with Crippen molar-refractivity contribution in [3.05, 3.63) is 51.7 Å². The molecule has 0 spiro atoms. The Bertz CT molecular complexity index is 866. The average Bonchev–Trinajstić information content (AvgIpc) is 3.37. The Morgan fingerprint density at radius 2 is 2.07 bits per heavy atom. The summed E-state index contributed by atoms with van der Waals surface area (Å²) in [5, 5.41) is 15.1. The van der Waals surface area contributed by atoms with E-state index in [-0.39, 0.29) is 23.1 Å². The lowest BCUT2D eigenvalue weighted by Gasteiger charge is -2.28. The van der Waals surface area contributed by atoms with Gasteiger partial charge < -0.3 is 15.3 Å². The molecule has 148 valence electrons. The highest BCUT2D eigenvalue weighted by Gasteiger charge is 2.35. The predicted octanol–water partition coefficient (Wildman–Crippen LogP) is 2.23. The number of thiophene rings is 1. The van der Waals surface area contributed by atoms with Gasteiger partial charge in [0.1, 0.15) is 11.8 Å². The van der Waals surface area contributed by atoms with Gasteiger partial charge in [-0.1, -0.05) is 12.1 Å². The summed E-state index contributed by atoms with van der Waals surface area (Å²) in [6.07, 6.45) is 2.53. The van der Waals surface area contributed by atoms with Crippen LogP contribution in [0, 0.1) is 0 Å². The van der Waals surface area contributed by atoms with Crippen LogP contribution < -0.4 is 5.32 Å². The third-order valence-corrected chi connectivity index (χ3v) is 6.59. The Hall–Kier alpha value is -2.38. The van der Waals surface area contributed by atoms with Gasteiger partial charge in [-0.3, -0.25) is 14.5 Å². The van der Waals surface area contributed by atoms with Crippen molar-refractivity contribution in [2.45, 2.75) is 31.8 Å². The van der Waals surface area contributed by atoms with Crippen molar-refractivity contribution in [2.24, 2.45) is 0 Å². The Labute approximate surface area is 168 Å². The SMILES string of the molecule is O=C(NCCN1CCc2sccc2C1)[C@H]1CCCN1C(=O)c1ccccc1O. The smallest absolute Gasteiger partial charge is 0.258 e. The van der Waals surface area contributed by atoms with E-state index in [0.717, 1.165) is 32.5 Å². The lowest BCUT2D eigenvalue weighted by Crippen LogP contribution is -2.47. The molecular formula is C21H25N3O3S. The molecule has 1 saturated heterocycles. The molecule has 1 aromatic carbocycles. The minimum Gasteiger partial charge on any atom is -0.507 e. The van der Waals surface area contributed by atoms with Crippen molar-refractivity contribution >= 4 is 23.2 Å². The number of carbonyl (C=O) groups is 2. The average molecular weight is 400 g/mol. The maximum absolute atomic E-state index is 12.8. The number of amides is 2. The number of hydrogen-bond acceptors (Lipinski definition) is 5. The molecule has 1 atom stereocenters. The molecule has 1 fully saturated rings. The number of nitrogens with zero attached hydrogens (tertiary/aromatic N) is 2. The lowest BCUT2D eigenvalue weighted by molar-refractivity contribution is -0.124. The van der Waals surface area contributed by atoms with Crippen LogP contribution in [0.2, 0.25) is 0 Å². The number of rotatable bonds is 5. The molecule has 2 aromatic rings. The topological polar surface area (TPSA) is 72.9 Å². The number of likely N-dealkylation sites (tertiary alicyclic amines) is 1. The number of benzene rings is 1. The van der Waals surface area contributed by atoms with Gasteiger partial charge in [-0.2, -0.15) is 0 Å². The molecule has 3 heterocycles. The third kappa shape index (κ3) is 3.91. The summed E-state index contributed by atoms with van der Waals surface area (Å²) in [5.41, 5.74) is 1.65. The summed E-state index contributed by atoms with van der Waals surface area (Å²) in [6.45, 7) is 3.88. The maximum Gasteiger partial charge on any atom is 0.258 e. The van der Waals surface area contributed by atoms with Crippen LogP contribution in [0.5, 0.6) is 5.75 Å². The van der Waals surface area contributed by atoms with Gasteiger partial charge in [-0.05, 0) is 48.4 Å². The molecule has 7 heteroatoms. The zero-order valence-electron chi connectivity index (χ0n) is 15.8. The standard InChI is InChI=1S/C21H25N3O3S/c25-18-6-2-1-4-16(18)21(27)24-10-3-5-17(24)20(26)22-9-12-23-11-7-19-15(14-23)8-13-28-19/h1-2,4,6,8,13,17,25H,3,5,7,9-12,14H2,(H,22,26)/t17-/m1/s1. The fraction of sp³-hybridized carbons (Fsp3) is 0.429. The second kappa shape index (κ2) is 8.32. The van der Waals surface area contributed by atoms with Crippen LogP contribution in [0.3, 0.4) is 0 Å². The van der Waals surface area contributed by atoms with Crippen LogP contribution in [0.1, 0.15) is 33.6 Å². The number of carbonyl (C=O) groups excluding carboxylic acids is 2. The van der Waals surface area contributed by atoms with E-state index >= 15 is 0 Å². The number of fused-ring (bicyclic) bond motifs is 1. The normalized spacial score (nSPS) is 19.4. The number of phenolic OH excluding ortho intramolecular Hbond substituents is 1. The minimum atomic E-state index is -0.461. The summed E-state index contributed by atoms with van der Waals surface area (Å²) in [7, 11) is 0. The Kier molecular flexibility index (Phi) is 5.64. The Morgan fingerprint density at radius 1 is 1.21 bits per heavy atom. The molecule has 4 rings (SSSR count). The lowest BCUT2D eigenvalue weighted by atomic mass is 10.1. The van der Waals surface area contributed by atoms with Gasteiger partial charge in [0.2, 0.25) is 5.91 Å². The highest BCUT2D eigenvalue weighted by molar-refractivity contribution is 7.10. The van der Waals surface area contributed by atoms with Crippen molar-refractivity contribution in [2.75, 3.05) is 26.2 Å². The minimum absolute atomic E-state index is 0.0449. The molecule has 0 saturated carbocycles. The number of para-hydroxylation sites is 1. The fourth-order valence-electron chi connectivity index (χ4n) is 4.04. The zero-order chi connectivity index (χ0) is 19.5. The number of hydrogen-bond donors (Lipinski definition) is 2. The predicted molar refractivity (Wildman–Crippen MR) is 108 cm³/mol. The van der Waals surface area contributed by atoms with E-state index in [2.05, 4.69) is 21.7 Å². The summed E-state index contributed by atoms with van der Waals surface area (Å²) >= 11 is 1.82. The number of nitrogens with one attached hydrogen (secondary N) is 1. The van der Waals surface area contributed by atoms with Crippen molar-refractivity contribution in [1.29, 1.82) is 0 Å². The quantitative estimate of drug-likeness (QED) is 0.809. The van der Waals surface area contributed by atoms with Gasteiger partial charge in [-0.25, -0.2) is 0 Å². The first-order chi connectivity index (χ1) is 13.6. The molecule has 6 nitrogen and oxygen atoms in total. The Morgan fingerprint density at radius 3 is 2.93 bits per heavy atom. The molecule has 1 aromatic heterocycles. The molecule has 0 radical (unpaired) electrons. The molecular weight excluding hydrogens is 374 g/mol. The van der Waals surface area contributed by atoms with Crippen LogP contribution in [0.25, 0.3) is 0 Å². The van der Waals surface area contributed by atoms with Gasteiger partial charge >= 0.3 is 0 Å². The number of phenols is 1. The van der Waals surface area contributed by atoms with Gasteiger partial charge in [0.15, 0.2) is 0 Å². The first-order valence-corrected chi connectivity index (χ1v) is 10.7.